The molecule has 132 valence electrons. The van der Waals surface area contributed by atoms with Gasteiger partial charge in [-0.3, -0.25) is 9.59 Å². The number of carbonyl (C=O) groups excluding carboxylic acids is 2. The maximum absolute atomic E-state index is 12.5. The van der Waals surface area contributed by atoms with Gasteiger partial charge in [-0.1, -0.05) is 26.0 Å². The minimum Gasteiger partial charge on any atom is -0.376 e. The van der Waals surface area contributed by atoms with Crippen molar-refractivity contribution in [3.63, 3.8) is 0 Å². The number of benzene rings is 1. The van der Waals surface area contributed by atoms with E-state index in [9.17, 15) is 9.59 Å². The van der Waals surface area contributed by atoms with E-state index in [2.05, 4.69) is 42.7 Å². The zero-order chi connectivity index (χ0) is 17.5. The third kappa shape index (κ3) is 4.98. The number of piperidine rings is 1. The number of aryl methyl sites for hydroxylation is 2. The first-order valence-corrected chi connectivity index (χ1v) is 8.94. The van der Waals surface area contributed by atoms with Gasteiger partial charge in [0.15, 0.2) is 0 Å². The summed E-state index contributed by atoms with van der Waals surface area (Å²) < 4.78 is 0. The van der Waals surface area contributed by atoms with Gasteiger partial charge < -0.3 is 15.5 Å². The lowest BCUT2D eigenvalue weighted by Crippen LogP contribution is -2.50. The smallest absolute Gasteiger partial charge is 0.241 e. The van der Waals surface area contributed by atoms with Gasteiger partial charge in [-0.05, 0) is 42.9 Å². The van der Waals surface area contributed by atoms with Crippen LogP contribution in [0.2, 0.25) is 0 Å². The van der Waals surface area contributed by atoms with Gasteiger partial charge >= 0.3 is 0 Å². The summed E-state index contributed by atoms with van der Waals surface area (Å²) in [6, 6.07) is 6.51. The van der Waals surface area contributed by atoms with Crippen LogP contribution in [0.5, 0.6) is 0 Å². The minimum atomic E-state index is -0.0311. The molecular weight excluding hydrogens is 302 g/mol. The molecule has 2 N–H and O–H groups in total. The Morgan fingerprint density at radius 1 is 1.25 bits per heavy atom. The quantitative estimate of drug-likeness (QED) is 0.841. The summed E-state index contributed by atoms with van der Waals surface area (Å²) in [5.41, 5.74) is 3.56. The second-order valence-corrected chi connectivity index (χ2v) is 6.43. The van der Waals surface area contributed by atoms with Gasteiger partial charge in [-0.25, -0.2) is 0 Å². The highest BCUT2D eigenvalue weighted by Gasteiger charge is 2.23. The zero-order valence-electron chi connectivity index (χ0n) is 15.0. The summed E-state index contributed by atoms with van der Waals surface area (Å²) >= 11 is 0. The third-order valence-corrected chi connectivity index (χ3v) is 4.57. The lowest BCUT2D eigenvalue weighted by molar-refractivity contribution is -0.131. The van der Waals surface area contributed by atoms with Crippen LogP contribution >= 0.6 is 0 Å². The summed E-state index contributed by atoms with van der Waals surface area (Å²) in [7, 11) is 0. The topological polar surface area (TPSA) is 61.4 Å². The van der Waals surface area contributed by atoms with Crippen molar-refractivity contribution in [3.8, 4) is 0 Å². The fourth-order valence-corrected chi connectivity index (χ4v) is 3.21. The van der Waals surface area contributed by atoms with E-state index >= 15 is 0 Å². The van der Waals surface area contributed by atoms with Crippen LogP contribution in [-0.2, 0) is 22.4 Å². The Morgan fingerprint density at radius 3 is 2.71 bits per heavy atom. The van der Waals surface area contributed by atoms with E-state index in [0.717, 1.165) is 37.9 Å². The summed E-state index contributed by atoms with van der Waals surface area (Å²) in [5.74, 6) is 0.0606. The monoisotopic (exact) mass is 331 g/mol. The van der Waals surface area contributed by atoms with E-state index in [0.29, 0.717) is 13.1 Å². The van der Waals surface area contributed by atoms with Crippen LogP contribution in [0.25, 0.3) is 0 Å². The molecule has 5 nitrogen and oxygen atoms in total. The number of rotatable bonds is 6. The van der Waals surface area contributed by atoms with Crippen molar-refractivity contribution in [2.75, 3.05) is 25.0 Å². The Hall–Kier alpha value is -2.04. The molecule has 1 atom stereocenters. The predicted molar refractivity (Wildman–Crippen MR) is 97.1 cm³/mol. The van der Waals surface area contributed by atoms with Crippen LogP contribution in [0, 0.1) is 0 Å². The summed E-state index contributed by atoms with van der Waals surface area (Å²) in [6.07, 6.45) is 3.80. The van der Waals surface area contributed by atoms with Crippen LogP contribution in [0.1, 0.15) is 44.7 Å². The summed E-state index contributed by atoms with van der Waals surface area (Å²) in [6.45, 7) is 7.45. The highest BCUT2D eigenvalue weighted by atomic mass is 16.2. The number of nitrogens with zero attached hydrogens (tertiary/aromatic N) is 1. The van der Waals surface area contributed by atoms with Gasteiger partial charge in [-0.2, -0.15) is 0 Å². The molecule has 0 radical (unpaired) electrons. The molecule has 24 heavy (non-hydrogen) atoms. The van der Waals surface area contributed by atoms with Gasteiger partial charge in [-0.15, -0.1) is 0 Å². The van der Waals surface area contributed by atoms with E-state index in [-0.39, 0.29) is 17.9 Å². The first-order chi connectivity index (χ1) is 11.5. The van der Waals surface area contributed by atoms with E-state index in [4.69, 9.17) is 0 Å². The molecule has 0 aromatic heterocycles. The summed E-state index contributed by atoms with van der Waals surface area (Å²) in [5, 5.41) is 6.23. The standard InChI is InChI=1S/C19H29N3O2/c1-4-15-8-9-16(5-2)18(11-15)20-12-19(24)22-10-6-7-17(13-22)21-14(3)23/h8-9,11,17,20H,4-7,10,12-13H2,1-3H3,(H,21,23)/t17-/m0/s1. The molecule has 0 aliphatic carbocycles. The van der Waals surface area contributed by atoms with Crippen molar-refractivity contribution < 1.29 is 9.59 Å². The molecule has 2 amide bonds. The lowest BCUT2D eigenvalue weighted by atomic mass is 10.0. The number of amides is 2. The molecule has 1 aromatic rings. The van der Waals surface area contributed by atoms with E-state index in [1.54, 1.807) is 0 Å². The Morgan fingerprint density at radius 2 is 2.04 bits per heavy atom. The van der Waals surface area contributed by atoms with E-state index < -0.39 is 0 Å². The Bertz CT molecular complexity index is 586. The SMILES string of the molecule is CCc1ccc(CC)c(NCC(=O)N2CCC[C@H](NC(C)=O)C2)c1. The molecule has 0 saturated carbocycles. The van der Waals surface area contributed by atoms with Gasteiger partial charge in [0.25, 0.3) is 0 Å². The van der Waals surface area contributed by atoms with Crippen molar-refractivity contribution in [2.24, 2.45) is 0 Å². The van der Waals surface area contributed by atoms with Crippen LogP contribution in [0.4, 0.5) is 5.69 Å². The highest BCUT2D eigenvalue weighted by molar-refractivity contribution is 5.81. The number of nitrogens with one attached hydrogen (secondary N) is 2. The second kappa shape index (κ2) is 8.71. The average Bonchev–Trinajstić information content (AvgIpc) is 2.59. The van der Waals surface area contributed by atoms with Crippen LogP contribution in [0.3, 0.4) is 0 Å². The molecule has 1 aliphatic rings. The average molecular weight is 331 g/mol. The van der Waals surface area contributed by atoms with Crippen molar-refractivity contribution >= 4 is 17.5 Å². The molecule has 1 aliphatic heterocycles. The number of anilines is 1. The molecule has 2 rings (SSSR count). The fourth-order valence-electron chi connectivity index (χ4n) is 3.21. The molecule has 0 unspecified atom stereocenters. The van der Waals surface area contributed by atoms with Crippen LogP contribution in [-0.4, -0.2) is 42.4 Å². The molecule has 1 aromatic carbocycles. The molecule has 0 bridgehead atoms. The van der Waals surface area contributed by atoms with Gasteiger partial charge in [0.1, 0.15) is 0 Å². The molecule has 0 spiro atoms. The lowest BCUT2D eigenvalue weighted by Gasteiger charge is -2.33. The number of likely N-dealkylation sites (tertiary alicyclic amines) is 1. The summed E-state index contributed by atoms with van der Waals surface area (Å²) in [4.78, 5) is 25.6. The molecular formula is C19H29N3O2. The molecule has 5 heteroatoms. The van der Waals surface area contributed by atoms with Gasteiger partial charge in [0.05, 0.1) is 6.54 Å². The minimum absolute atomic E-state index is 0.0311. The zero-order valence-corrected chi connectivity index (χ0v) is 15.0. The van der Waals surface area contributed by atoms with Crippen molar-refractivity contribution in [1.82, 2.24) is 10.2 Å². The maximum atomic E-state index is 12.5. The van der Waals surface area contributed by atoms with Gasteiger partial charge in [0, 0.05) is 31.7 Å². The predicted octanol–water partition coefficient (Wildman–Crippen LogP) is 2.35. The van der Waals surface area contributed by atoms with Crippen LogP contribution < -0.4 is 10.6 Å². The Kier molecular flexibility index (Phi) is 6.64. The first kappa shape index (κ1) is 18.3. The molecule has 1 fully saturated rings. The van der Waals surface area contributed by atoms with E-state index in [1.807, 2.05) is 4.90 Å². The van der Waals surface area contributed by atoms with Crippen LogP contribution in [0.15, 0.2) is 18.2 Å². The number of carbonyl (C=O) groups is 2. The van der Waals surface area contributed by atoms with Crippen molar-refractivity contribution in [3.05, 3.63) is 29.3 Å². The maximum Gasteiger partial charge on any atom is 0.241 e. The fraction of sp³-hybridized carbons (Fsp3) is 0.579. The number of hydrogen-bond acceptors (Lipinski definition) is 3. The molecule has 1 heterocycles. The second-order valence-electron chi connectivity index (χ2n) is 6.43. The van der Waals surface area contributed by atoms with E-state index in [1.165, 1.54) is 18.1 Å². The normalized spacial score (nSPS) is 17.5. The first-order valence-electron chi connectivity index (χ1n) is 8.94. The third-order valence-electron chi connectivity index (χ3n) is 4.57. The Labute approximate surface area is 144 Å². The van der Waals surface area contributed by atoms with Gasteiger partial charge in [0.2, 0.25) is 11.8 Å². The highest BCUT2D eigenvalue weighted by Crippen LogP contribution is 2.19. The van der Waals surface area contributed by atoms with Crippen molar-refractivity contribution in [2.45, 2.75) is 52.5 Å². The molecule has 1 saturated heterocycles. The van der Waals surface area contributed by atoms with Crippen molar-refractivity contribution in [1.29, 1.82) is 0 Å². The Balaban J connectivity index is 1.94. The largest absolute Gasteiger partial charge is 0.376 e. The number of hydrogen-bond donors (Lipinski definition) is 2.